The molecule has 1 aromatic heterocycles. The van der Waals surface area contributed by atoms with Crippen LogP contribution in [-0.4, -0.2) is 35.0 Å². The minimum Gasteiger partial charge on any atom is -0.379 e. The molecule has 1 N–H and O–H groups in total. The van der Waals surface area contributed by atoms with Crippen molar-refractivity contribution in [3.63, 3.8) is 0 Å². The molecule has 0 saturated carbocycles. The molecule has 0 bridgehead atoms. The van der Waals surface area contributed by atoms with Gasteiger partial charge < -0.3 is 10.1 Å². The molecule has 82 valence electrons. The van der Waals surface area contributed by atoms with E-state index in [2.05, 4.69) is 31.2 Å². The molecule has 1 fully saturated rings. The molecule has 6 heteroatoms. The van der Waals surface area contributed by atoms with E-state index in [0.29, 0.717) is 5.25 Å². The molecule has 1 aliphatic heterocycles. The van der Waals surface area contributed by atoms with Crippen LogP contribution in [0.15, 0.2) is 15.8 Å². The number of anilines is 1. The molecule has 0 unspecified atom stereocenters. The average Bonchev–Trinajstić information content (AvgIpc) is 2.17. The van der Waals surface area contributed by atoms with Crippen LogP contribution in [0.2, 0.25) is 0 Å². The summed E-state index contributed by atoms with van der Waals surface area (Å²) in [7, 11) is 0. The summed E-state index contributed by atoms with van der Waals surface area (Å²) in [6.07, 6.45) is 1.59. The zero-order valence-corrected chi connectivity index (χ0v) is 10.8. The lowest BCUT2D eigenvalue weighted by Gasteiger charge is -2.25. The van der Waals surface area contributed by atoms with Crippen LogP contribution in [0.5, 0.6) is 0 Å². The number of ether oxygens (including phenoxy) is 1. The minimum absolute atomic E-state index is 0.533. The van der Waals surface area contributed by atoms with Crippen molar-refractivity contribution < 1.29 is 4.74 Å². The normalized spacial score (nSPS) is 16.1. The third-order valence-corrected chi connectivity index (χ3v) is 4.14. The summed E-state index contributed by atoms with van der Waals surface area (Å²) < 4.78 is 6.08. The van der Waals surface area contributed by atoms with Crippen molar-refractivity contribution in [2.24, 2.45) is 0 Å². The summed E-state index contributed by atoms with van der Waals surface area (Å²) in [6, 6.07) is 0. The maximum absolute atomic E-state index is 5.13. The van der Waals surface area contributed by atoms with E-state index < -0.39 is 0 Å². The Kier molecular flexibility index (Phi) is 3.82. The Balaban J connectivity index is 2.11. The fraction of sp³-hybridized carbons (Fsp3) is 0.556. The third-order valence-electron chi connectivity index (χ3n) is 1.99. The summed E-state index contributed by atoms with van der Waals surface area (Å²) >= 11 is 5.25. The fourth-order valence-corrected chi connectivity index (χ4v) is 2.74. The van der Waals surface area contributed by atoms with Crippen LogP contribution in [0.3, 0.4) is 0 Å². The lowest BCUT2D eigenvalue weighted by Crippen LogP contribution is -2.30. The maximum Gasteiger partial charge on any atom is 0.144 e. The van der Waals surface area contributed by atoms with E-state index in [-0.39, 0.29) is 0 Å². The van der Waals surface area contributed by atoms with Crippen molar-refractivity contribution in [3.05, 3.63) is 10.8 Å². The fourth-order valence-electron chi connectivity index (χ4n) is 1.17. The number of hydrogen-bond acceptors (Lipinski definition) is 5. The average molecular weight is 290 g/mol. The van der Waals surface area contributed by atoms with Crippen molar-refractivity contribution in [2.75, 3.05) is 25.1 Å². The highest BCUT2D eigenvalue weighted by Gasteiger charge is 2.22. The van der Waals surface area contributed by atoms with Gasteiger partial charge in [0.2, 0.25) is 0 Å². The third kappa shape index (κ3) is 2.62. The smallest absolute Gasteiger partial charge is 0.144 e. The van der Waals surface area contributed by atoms with E-state index in [1.165, 1.54) is 0 Å². The first-order valence-corrected chi connectivity index (χ1v) is 6.47. The molecule has 2 rings (SSSR count). The first-order chi connectivity index (χ1) is 7.31. The molecule has 0 spiro atoms. The van der Waals surface area contributed by atoms with Gasteiger partial charge in [-0.05, 0) is 22.9 Å². The maximum atomic E-state index is 5.13. The summed E-state index contributed by atoms with van der Waals surface area (Å²) in [5.74, 6) is 0.857. The van der Waals surface area contributed by atoms with E-state index in [9.17, 15) is 0 Å². The van der Waals surface area contributed by atoms with Crippen LogP contribution >= 0.6 is 27.7 Å². The minimum atomic E-state index is 0.533. The van der Waals surface area contributed by atoms with Gasteiger partial charge in [-0.25, -0.2) is 9.97 Å². The number of rotatable bonds is 4. The summed E-state index contributed by atoms with van der Waals surface area (Å²) in [4.78, 5) is 8.42. The second-order valence-corrected chi connectivity index (χ2v) is 5.23. The Morgan fingerprint density at radius 1 is 1.60 bits per heavy atom. The van der Waals surface area contributed by atoms with Gasteiger partial charge in [0, 0.05) is 6.54 Å². The number of thioether (sulfide) groups is 1. The van der Waals surface area contributed by atoms with Gasteiger partial charge in [0.15, 0.2) is 0 Å². The second-order valence-electron chi connectivity index (χ2n) is 3.15. The van der Waals surface area contributed by atoms with Crippen molar-refractivity contribution in [3.8, 4) is 0 Å². The van der Waals surface area contributed by atoms with Gasteiger partial charge in [-0.15, -0.1) is 0 Å². The topological polar surface area (TPSA) is 47.0 Å². The highest BCUT2D eigenvalue weighted by atomic mass is 79.9. The molecule has 0 aliphatic carbocycles. The van der Waals surface area contributed by atoms with E-state index in [4.69, 9.17) is 4.74 Å². The summed E-state index contributed by atoms with van der Waals surface area (Å²) in [6.45, 7) is 4.53. The molecule has 15 heavy (non-hydrogen) atoms. The van der Waals surface area contributed by atoms with Gasteiger partial charge >= 0.3 is 0 Å². The van der Waals surface area contributed by atoms with Crippen LogP contribution in [0, 0.1) is 0 Å². The number of nitrogens with one attached hydrogen (secondary N) is 1. The summed E-state index contributed by atoms with van der Waals surface area (Å²) in [5.41, 5.74) is 0. The highest BCUT2D eigenvalue weighted by molar-refractivity contribution is 9.10. The van der Waals surface area contributed by atoms with Crippen LogP contribution in [0.1, 0.15) is 6.92 Å². The van der Waals surface area contributed by atoms with Crippen molar-refractivity contribution in [1.82, 2.24) is 9.97 Å². The van der Waals surface area contributed by atoms with E-state index >= 15 is 0 Å². The molecular formula is C9H12BrN3OS. The van der Waals surface area contributed by atoms with Crippen molar-refractivity contribution in [1.29, 1.82) is 0 Å². The van der Waals surface area contributed by atoms with Gasteiger partial charge in [-0.1, -0.05) is 11.8 Å². The van der Waals surface area contributed by atoms with Crippen LogP contribution < -0.4 is 5.32 Å². The Bertz CT molecular complexity index is 346. The lowest BCUT2D eigenvalue weighted by atomic mass is 10.4. The Morgan fingerprint density at radius 3 is 3.00 bits per heavy atom. The van der Waals surface area contributed by atoms with Gasteiger partial charge in [-0.3, -0.25) is 0 Å². The van der Waals surface area contributed by atoms with Gasteiger partial charge in [0.25, 0.3) is 0 Å². The Labute approximate surface area is 101 Å². The quantitative estimate of drug-likeness (QED) is 0.861. The zero-order valence-electron chi connectivity index (χ0n) is 8.36. The Morgan fingerprint density at radius 2 is 2.40 bits per heavy atom. The van der Waals surface area contributed by atoms with Crippen LogP contribution in [0.4, 0.5) is 5.82 Å². The van der Waals surface area contributed by atoms with Crippen LogP contribution in [-0.2, 0) is 4.74 Å². The Hall–Kier alpha value is -0.330. The standard InChI is InChI=1S/C9H12BrN3OS/c1-2-11-8-7(10)9(13-5-12-8)15-6-3-14-4-6/h5-6H,2-4H2,1H3,(H,11,12,13). The van der Waals surface area contributed by atoms with Crippen molar-refractivity contribution in [2.45, 2.75) is 17.2 Å². The van der Waals surface area contributed by atoms with Crippen LogP contribution in [0.25, 0.3) is 0 Å². The molecule has 1 aromatic rings. The predicted octanol–water partition coefficient (Wildman–Crippen LogP) is 2.16. The van der Waals surface area contributed by atoms with E-state index in [0.717, 1.165) is 35.1 Å². The molecule has 0 amide bonds. The first-order valence-electron chi connectivity index (χ1n) is 4.80. The first kappa shape index (κ1) is 11.2. The largest absolute Gasteiger partial charge is 0.379 e. The van der Waals surface area contributed by atoms with Gasteiger partial charge in [0.1, 0.15) is 17.2 Å². The number of aromatic nitrogens is 2. The van der Waals surface area contributed by atoms with E-state index in [1.54, 1.807) is 18.1 Å². The number of nitrogens with zero attached hydrogens (tertiary/aromatic N) is 2. The summed E-state index contributed by atoms with van der Waals surface area (Å²) in [5, 5.41) is 4.70. The molecule has 1 aliphatic rings. The van der Waals surface area contributed by atoms with E-state index in [1.807, 2.05) is 6.92 Å². The second kappa shape index (κ2) is 5.14. The number of halogens is 1. The number of hydrogen-bond donors (Lipinski definition) is 1. The lowest BCUT2D eigenvalue weighted by molar-refractivity contribution is 0.0454. The molecule has 0 aromatic carbocycles. The SMILES string of the molecule is CCNc1ncnc(SC2COC2)c1Br. The monoisotopic (exact) mass is 289 g/mol. The zero-order chi connectivity index (χ0) is 10.7. The molecule has 0 radical (unpaired) electrons. The molecular weight excluding hydrogens is 278 g/mol. The highest BCUT2D eigenvalue weighted by Crippen LogP contribution is 2.34. The molecule has 0 atom stereocenters. The van der Waals surface area contributed by atoms with Gasteiger partial charge in [-0.2, -0.15) is 0 Å². The van der Waals surface area contributed by atoms with Crippen molar-refractivity contribution >= 4 is 33.5 Å². The predicted molar refractivity (Wildman–Crippen MR) is 64.4 cm³/mol. The molecule has 2 heterocycles. The molecule has 4 nitrogen and oxygen atoms in total. The van der Waals surface area contributed by atoms with Gasteiger partial charge in [0.05, 0.1) is 22.9 Å². The molecule has 1 saturated heterocycles.